The lowest BCUT2D eigenvalue weighted by atomic mass is 9.49. The van der Waals surface area contributed by atoms with Crippen molar-refractivity contribution < 1.29 is 18.3 Å². The molecule has 1 amide bonds. The van der Waals surface area contributed by atoms with Gasteiger partial charge in [-0.25, -0.2) is 19.3 Å². The van der Waals surface area contributed by atoms with E-state index < -0.39 is 23.2 Å². The van der Waals surface area contributed by atoms with Gasteiger partial charge in [-0.05, 0) is 24.6 Å². The molecule has 2 N–H and O–H groups in total. The van der Waals surface area contributed by atoms with Crippen molar-refractivity contribution in [3.05, 3.63) is 36.7 Å². The molecule has 1 fully saturated rings. The highest BCUT2D eigenvalue weighted by atomic mass is 19.1. The van der Waals surface area contributed by atoms with Crippen molar-refractivity contribution in [2.24, 2.45) is 5.92 Å². The van der Waals surface area contributed by atoms with Crippen LogP contribution >= 0.6 is 0 Å². The van der Waals surface area contributed by atoms with E-state index >= 15 is 0 Å². The Morgan fingerprint density at radius 1 is 1.21 bits per heavy atom. The Morgan fingerprint density at radius 3 is 2.70 bits per heavy atom. The average Bonchev–Trinajstić information content (AvgIpc) is 3.35. The van der Waals surface area contributed by atoms with Crippen molar-refractivity contribution in [3.63, 3.8) is 0 Å². The van der Waals surface area contributed by atoms with Crippen molar-refractivity contribution in [1.82, 2.24) is 15.0 Å². The fourth-order valence-corrected chi connectivity index (χ4v) is 3.48. The molecule has 3 aromatic heterocycles. The predicted octanol–water partition coefficient (Wildman–Crippen LogP) is 2.27. The Balaban J connectivity index is 1.62. The molecular formula is C21H15B3FN5O3. The highest BCUT2D eigenvalue weighted by Crippen LogP contribution is 2.37. The molecule has 33 heavy (non-hydrogen) atoms. The monoisotopic (exact) mass is 437 g/mol. The summed E-state index contributed by atoms with van der Waals surface area (Å²) in [6.45, 7) is 0. The molecule has 0 bridgehead atoms. The number of pyridine rings is 2. The number of carbonyl (C=O) groups is 1. The van der Waals surface area contributed by atoms with Gasteiger partial charge in [0.05, 0.1) is 42.1 Å². The third kappa shape index (κ3) is 4.25. The summed E-state index contributed by atoms with van der Waals surface area (Å²) in [4.78, 5) is 25.4. The summed E-state index contributed by atoms with van der Waals surface area (Å²) < 4.78 is 24.4. The van der Waals surface area contributed by atoms with Crippen LogP contribution in [-0.4, -0.2) is 62.9 Å². The topological polar surface area (TPSA) is 102 Å². The van der Waals surface area contributed by atoms with Crippen LogP contribution in [-0.2, 0) is 4.79 Å². The summed E-state index contributed by atoms with van der Waals surface area (Å²) in [7, 11) is 18.6. The van der Waals surface area contributed by atoms with Crippen molar-refractivity contribution >= 4 is 63.0 Å². The summed E-state index contributed by atoms with van der Waals surface area (Å²) >= 11 is 0. The first kappa shape index (κ1) is 21.3. The van der Waals surface area contributed by atoms with E-state index in [-0.39, 0.29) is 23.9 Å². The summed E-state index contributed by atoms with van der Waals surface area (Å²) in [5.41, 5.74) is 1.67. The van der Waals surface area contributed by atoms with Crippen LogP contribution in [0.15, 0.2) is 41.1 Å². The highest BCUT2D eigenvalue weighted by molar-refractivity contribution is 6.60. The van der Waals surface area contributed by atoms with E-state index in [1.165, 1.54) is 12.4 Å². The van der Waals surface area contributed by atoms with Gasteiger partial charge in [0, 0.05) is 29.2 Å². The Labute approximate surface area is 191 Å². The molecule has 0 saturated heterocycles. The molecule has 5 rings (SSSR count). The SMILES string of the molecule is [B]C([B])([B])Nc1ncc(-c2nc3cc(OC)ccc3o2)c2cc(NC(=O)[C@@H]3C[C@@H]3F)ncc12. The van der Waals surface area contributed by atoms with Gasteiger partial charge in [-0.1, -0.05) is 5.24 Å². The van der Waals surface area contributed by atoms with E-state index in [9.17, 15) is 9.18 Å². The third-order valence-electron chi connectivity index (χ3n) is 5.23. The van der Waals surface area contributed by atoms with E-state index in [0.717, 1.165) is 0 Å². The van der Waals surface area contributed by atoms with Crippen LogP contribution in [0, 0.1) is 5.92 Å². The summed E-state index contributed by atoms with van der Waals surface area (Å²) in [5.74, 6) is 0.350. The zero-order valence-corrected chi connectivity index (χ0v) is 17.5. The average molecular weight is 437 g/mol. The zero-order chi connectivity index (χ0) is 23.3. The van der Waals surface area contributed by atoms with Gasteiger partial charge < -0.3 is 19.8 Å². The number of hydrogen-bond donors (Lipinski definition) is 2. The smallest absolute Gasteiger partial charge is 0.231 e. The Bertz CT molecular complexity index is 1390. The fourth-order valence-electron chi connectivity index (χ4n) is 3.48. The van der Waals surface area contributed by atoms with Gasteiger partial charge in [-0.2, -0.15) is 0 Å². The zero-order valence-electron chi connectivity index (χ0n) is 17.5. The van der Waals surface area contributed by atoms with Gasteiger partial charge in [0.15, 0.2) is 5.58 Å². The van der Waals surface area contributed by atoms with E-state index in [0.29, 0.717) is 33.2 Å². The first-order valence-electron chi connectivity index (χ1n) is 10.1. The number of anilines is 2. The number of ether oxygens (including phenoxy) is 1. The number of nitrogens with zero attached hydrogens (tertiary/aromatic N) is 3. The lowest BCUT2D eigenvalue weighted by Crippen LogP contribution is -2.40. The van der Waals surface area contributed by atoms with Crippen molar-refractivity contribution in [1.29, 1.82) is 0 Å². The molecule has 0 spiro atoms. The Kier molecular flexibility index (Phi) is 5.03. The number of rotatable bonds is 6. The molecule has 1 saturated carbocycles. The molecule has 2 atom stereocenters. The van der Waals surface area contributed by atoms with E-state index in [2.05, 4.69) is 25.6 Å². The van der Waals surface area contributed by atoms with Crippen LogP contribution < -0.4 is 15.4 Å². The second-order valence-electron chi connectivity index (χ2n) is 7.89. The number of amides is 1. The van der Waals surface area contributed by atoms with Gasteiger partial charge in [0.25, 0.3) is 0 Å². The van der Waals surface area contributed by atoms with Crippen LogP contribution in [0.25, 0.3) is 33.3 Å². The van der Waals surface area contributed by atoms with Gasteiger partial charge in [-0.3, -0.25) is 4.79 Å². The second-order valence-corrected chi connectivity index (χ2v) is 7.89. The van der Waals surface area contributed by atoms with Crippen LogP contribution in [0.4, 0.5) is 16.0 Å². The summed E-state index contributed by atoms with van der Waals surface area (Å²) in [5, 5.41) is 4.71. The minimum absolute atomic E-state index is 0.209. The predicted molar refractivity (Wildman–Crippen MR) is 124 cm³/mol. The number of oxazole rings is 1. The molecule has 1 aliphatic carbocycles. The molecule has 3 heterocycles. The fraction of sp³-hybridized carbons (Fsp3) is 0.238. The number of alkyl halides is 1. The first-order chi connectivity index (χ1) is 15.7. The van der Waals surface area contributed by atoms with Crippen molar-refractivity contribution in [3.8, 4) is 17.2 Å². The number of aromatic nitrogens is 3. The molecular weight excluding hydrogens is 422 g/mol. The van der Waals surface area contributed by atoms with Gasteiger partial charge in [-0.15, -0.1) is 0 Å². The maximum atomic E-state index is 13.3. The first-order valence-corrected chi connectivity index (χ1v) is 10.1. The molecule has 0 aliphatic heterocycles. The van der Waals surface area contributed by atoms with Crippen molar-refractivity contribution in [2.45, 2.75) is 17.8 Å². The van der Waals surface area contributed by atoms with Gasteiger partial charge in [0.1, 0.15) is 29.1 Å². The van der Waals surface area contributed by atoms with Crippen LogP contribution in [0.2, 0.25) is 0 Å². The summed E-state index contributed by atoms with van der Waals surface area (Å²) in [6, 6.07) is 6.87. The lowest BCUT2D eigenvalue weighted by molar-refractivity contribution is -0.117. The quantitative estimate of drug-likeness (QED) is 0.447. The van der Waals surface area contributed by atoms with E-state index in [1.54, 1.807) is 31.4 Å². The molecule has 1 aliphatic rings. The summed E-state index contributed by atoms with van der Waals surface area (Å²) in [6.07, 6.45) is 2.08. The molecule has 12 heteroatoms. The van der Waals surface area contributed by atoms with Crippen LogP contribution in [0.3, 0.4) is 0 Å². The Hall–Kier alpha value is -3.56. The standard InChI is InChI=1S/C21H15B3FN5O3/c1-32-9-2-3-16-15(4-9)28-20(33-16)13-8-27-18(30-21(22,23)24)12-7-26-17(6-10(12)13)29-19(31)11-5-14(11)25/h2-4,6-8,11,14H,5H2,1H3,(H,27,30)(H,26,29,31)/t11-,14+/m1/s1. The minimum Gasteiger partial charge on any atom is -0.497 e. The lowest BCUT2D eigenvalue weighted by Gasteiger charge is -2.24. The number of hydrogen-bond acceptors (Lipinski definition) is 7. The number of fused-ring (bicyclic) bond motifs is 2. The number of nitrogens with one attached hydrogen (secondary N) is 2. The number of methoxy groups -OCH3 is 1. The number of halogens is 1. The normalized spacial score (nSPS) is 17.8. The highest BCUT2D eigenvalue weighted by Gasteiger charge is 2.43. The van der Waals surface area contributed by atoms with Crippen LogP contribution in [0.5, 0.6) is 5.75 Å². The third-order valence-corrected chi connectivity index (χ3v) is 5.23. The molecule has 8 nitrogen and oxygen atoms in total. The van der Waals surface area contributed by atoms with Gasteiger partial charge >= 0.3 is 0 Å². The second kappa shape index (κ2) is 7.79. The number of carbonyl (C=O) groups excluding carboxylic acids is 1. The Morgan fingerprint density at radius 2 is 2.00 bits per heavy atom. The maximum Gasteiger partial charge on any atom is 0.231 e. The molecule has 0 unspecified atom stereocenters. The van der Waals surface area contributed by atoms with Gasteiger partial charge in [0.2, 0.25) is 11.8 Å². The van der Waals surface area contributed by atoms with Crippen molar-refractivity contribution in [2.75, 3.05) is 17.7 Å². The molecule has 1 aromatic carbocycles. The molecule has 158 valence electrons. The maximum absolute atomic E-state index is 13.3. The molecule has 6 radical (unpaired) electrons. The minimum atomic E-state index is -1.73. The largest absolute Gasteiger partial charge is 0.497 e. The number of benzene rings is 1. The van der Waals surface area contributed by atoms with E-state index in [4.69, 9.17) is 32.7 Å². The molecule has 4 aromatic rings. The van der Waals surface area contributed by atoms with Crippen LogP contribution in [0.1, 0.15) is 6.42 Å². The van der Waals surface area contributed by atoms with E-state index in [1.807, 2.05) is 0 Å².